The van der Waals surface area contributed by atoms with Crippen LogP contribution in [0.3, 0.4) is 0 Å². The van der Waals surface area contributed by atoms with Crippen molar-refractivity contribution in [3.63, 3.8) is 0 Å². The van der Waals surface area contributed by atoms with Gasteiger partial charge in [-0.1, -0.05) is 0 Å². The van der Waals surface area contributed by atoms with Crippen molar-refractivity contribution in [1.29, 1.82) is 0 Å². The highest BCUT2D eigenvalue weighted by molar-refractivity contribution is 5.36. The second-order valence-corrected chi connectivity index (χ2v) is 3.99. The molecular weight excluding hydrogens is 192 g/mol. The van der Waals surface area contributed by atoms with Crippen molar-refractivity contribution in [3.05, 3.63) is 12.4 Å². The summed E-state index contributed by atoms with van der Waals surface area (Å²) in [6.45, 7) is 4.78. The maximum atomic E-state index is 5.52. The van der Waals surface area contributed by atoms with Crippen molar-refractivity contribution in [3.8, 4) is 5.88 Å². The predicted molar refractivity (Wildman–Crippen MR) is 60.0 cm³/mol. The molecule has 0 amide bonds. The van der Waals surface area contributed by atoms with Gasteiger partial charge in [-0.3, -0.25) is 4.98 Å². The van der Waals surface area contributed by atoms with E-state index in [2.05, 4.69) is 29.1 Å². The molecule has 0 spiro atoms. The minimum absolute atomic E-state index is 0.0875. The van der Waals surface area contributed by atoms with Crippen LogP contribution in [0, 0.1) is 0 Å². The van der Waals surface area contributed by atoms with Gasteiger partial charge >= 0.3 is 0 Å². The van der Waals surface area contributed by atoms with Crippen LogP contribution in [-0.4, -0.2) is 29.2 Å². The smallest absolute Gasteiger partial charge is 0.233 e. The van der Waals surface area contributed by atoms with Gasteiger partial charge in [0.25, 0.3) is 0 Å². The van der Waals surface area contributed by atoms with Crippen molar-refractivity contribution in [2.45, 2.75) is 25.8 Å². The van der Waals surface area contributed by atoms with Crippen molar-refractivity contribution in [1.82, 2.24) is 9.97 Å². The Morgan fingerprint density at radius 3 is 2.80 bits per heavy atom. The molecular formula is C10H18N4O. The lowest BCUT2D eigenvalue weighted by Crippen LogP contribution is -2.33. The molecule has 0 aliphatic carbocycles. The molecule has 0 aliphatic heterocycles. The number of hydrogen-bond acceptors (Lipinski definition) is 5. The standard InChI is InChI=1S/C10H18N4O/c1-10(2,4-5-11)14-8-6-12-7-9(13-8)15-3/h6-7H,4-5,11H2,1-3H3,(H,13,14). The normalized spacial score (nSPS) is 11.2. The summed E-state index contributed by atoms with van der Waals surface area (Å²) >= 11 is 0. The first-order chi connectivity index (χ1) is 7.07. The average molecular weight is 210 g/mol. The molecule has 0 saturated carbocycles. The lowest BCUT2D eigenvalue weighted by Gasteiger charge is -2.26. The van der Waals surface area contributed by atoms with Crippen molar-refractivity contribution >= 4 is 5.82 Å². The fourth-order valence-electron chi connectivity index (χ4n) is 1.28. The molecule has 0 atom stereocenters. The summed E-state index contributed by atoms with van der Waals surface area (Å²) in [7, 11) is 1.57. The molecule has 84 valence electrons. The molecule has 1 heterocycles. The second kappa shape index (κ2) is 4.93. The maximum Gasteiger partial charge on any atom is 0.233 e. The summed E-state index contributed by atoms with van der Waals surface area (Å²) in [6.07, 6.45) is 4.10. The van der Waals surface area contributed by atoms with Gasteiger partial charge in [-0.15, -0.1) is 0 Å². The minimum Gasteiger partial charge on any atom is -0.480 e. The Bertz CT molecular complexity index is 314. The third-order valence-corrected chi connectivity index (χ3v) is 2.06. The molecule has 5 nitrogen and oxygen atoms in total. The summed E-state index contributed by atoms with van der Waals surface area (Å²) in [5, 5.41) is 3.26. The Morgan fingerprint density at radius 1 is 1.47 bits per heavy atom. The molecule has 1 aromatic heterocycles. The van der Waals surface area contributed by atoms with Crippen LogP contribution in [0.5, 0.6) is 5.88 Å². The van der Waals surface area contributed by atoms with Crippen LogP contribution in [0.25, 0.3) is 0 Å². The lowest BCUT2D eigenvalue weighted by molar-refractivity contribution is 0.395. The van der Waals surface area contributed by atoms with Crippen molar-refractivity contribution < 1.29 is 4.74 Å². The van der Waals surface area contributed by atoms with E-state index in [1.807, 2.05) is 0 Å². The Morgan fingerprint density at radius 2 is 2.20 bits per heavy atom. The fourth-order valence-corrected chi connectivity index (χ4v) is 1.28. The van der Waals surface area contributed by atoms with Gasteiger partial charge in [0.1, 0.15) is 5.82 Å². The Balaban J connectivity index is 2.71. The topological polar surface area (TPSA) is 73.1 Å². The number of methoxy groups -OCH3 is 1. The summed E-state index contributed by atoms with van der Waals surface area (Å²) in [6, 6.07) is 0. The monoisotopic (exact) mass is 210 g/mol. The molecule has 0 bridgehead atoms. The van der Waals surface area contributed by atoms with E-state index in [0.717, 1.165) is 6.42 Å². The Kier molecular flexibility index (Phi) is 3.85. The molecule has 0 unspecified atom stereocenters. The SMILES string of the molecule is COc1cncc(NC(C)(C)CCN)n1. The van der Waals surface area contributed by atoms with Crippen LogP contribution in [0.1, 0.15) is 20.3 Å². The van der Waals surface area contributed by atoms with Gasteiger partial charge in [0.05, 0.1) is 19.5 Å². The zero-order chi connectivity index (χ0) is 11.3. The first-order valence-corrected chi connectivity index (χ1v) is 4.92. The largest absolute Gasteiger partial charge is 0.480 e. The fraction of sp³-hybridized carbons (Fsp3) is 0.600. The summed E-state index contributed by atoms with van der Waals surface area (Å²) in [4.78, 5) is 8.24. The number of nitrogens with one attached hydrogen (secondary N) is 1. The third-order valence-electron chi connectivity index (χ3n) is 2.06. The van der Waals surface area contributed by atoms with Gasteiger partial charge in [-0.25, -0.2) is 0 Å². The van der Waals surface area contributed by atoms with Crippen LogP contribution < -0.4 is 15.8 Å². The summed E-state index contributed by atoms with van der Waals surface area (Å²) in [5.41, 5.74) is 5.44. The number of anilines is 1. The van der Waals surface area contributed by atoms with Crippen molar-refractivity contribution in [2.24, 2.45) is 5.73 Å². The van der Waals surface area contributed by atoms with E-state index in [4.69, 9.17) is 10.5 Å². The summed E-state index contributed by atoms with van der Waals surface area (Å²) in [5.74, 6) is 1.20. The molecule has 0 saturated heterocycles. The molecule has 0 fully saturated rings. The van der Waals surface area contributed by atoms with E-state index in [0.29, 0.717) is 18.2 Å². The molecule has 0 aliphatic rings. The molecule has 15 heavy (non-hydrogen) atoms. The van der Waals surface area contributed by atoms with E-state index < -0.39 is 0 Å². The lowest BCUT2D eigenvalue weighted by atomic mass is 10.0. The highest BCUT2D eigenvalue weighted by Crippen LogP contribution is 2.16. The number of rotatable bonds is 5. The third kappa shape index (κ3) is 3.71. The number of hydrogen-bond donors (Lipinski definition) is 2. The zero-order valence-electron chi connectivity index (χ0n) is 9.45. The van der Waals surface area contributed by atoms with E-state index in [1.165, 1.54) is 0 Å². The maximum absolute atomic E-state index is 5.52. The molecule has 0 aromatic carbocycles. The number of aromatic nitrogens is 2. The van der Waals surface area contributed by atoms with E-state index in [1.54, 1.807) is 19.5 Å². The minimum atomic E-state index is -0.0875. The molecule has 0 radical (unpaired) electrons. The highest BCUT2D eigenvalue weighted by Gasteiger charge is 2.16. The van der Waals surface area contributed by atoms with Crippen LogP contribution >= 0.6 is 0 Å². The van der Waals surface area contributed by atoms with Gasteiger partial charge in [0.2, 0.25) is 5.88 Å². The van der Waals surface area contributed by atoms with Crippen LogP contribution in [0.4, 0.5) is 5.82 Å². The molecule has 1 aromatic rings. The van der Waals surface area contributed by atoms with Gasteiger partial charge in [-0.2, -0.15) is 4.98 Å². The van der Waals surface area contributed by atoms with Gasteiger partial charge in [-0.05, 0) is 26.8 Å². The highest BCUT2D eigenvalue weighted by atomic mass is 16.5. The predicted octanol–water partition coefficient (Wildman–Crippen LogP) is 1.02. The Hall–Kier alpha value is -1.36. The molecule has 1 rings (SSSR count). The first-order valence-electron chi connectivity index (χ1n) is 4.92. The van der Waals surface area contributed by atoms with Crippen LogP contribution in [0.15, 0.2) is 12.4 Å². The second-order valence-electron chi connectivity index (χ2n) is 3.99. The van der Waals surface area contributed by atoms with Gasteiger partial charge < -0.3 is 15.8 Å². The molecule has 5 heteroatoms. The molecule has 3 N–H and O–H groups in total. The van der Waals surface area contributed by atoms with E-state index in [9.17, 15) is 0 Å². The summed E-state index contributed by atoms with van der Waals surface area (Å²) < 4.78 is 4.99. The van der Waals surface area contributed by atoms with Crippen LogP contribution in [0.2, 0.25) is 0 Å². The number of nitrogens with two attached hydrogens (primary N) is 1. The zero-order valence-corrected chi connectivity index (χ0v) is 9.45. The van der Waals surface area contributed by atoms with Crippen LogP contribution in [-0.2, 0) is 0 Å². The Labute approximate surface area is 90.1 Å². The average Bonchev–Trinajstić information content (AvgIpc) is 2.17. The first kappa shape index (κ1) is 11.7. The van der Waals surface area contributed by atoms with Crippen molar-refractivity contribution in [2.75, 3.05) is 19.0 Å². The van der Waals surface area contributed by atoms with Gasteiger partial charge in [0.15, 0.2) is 0 Å². The quantitative estimate of drug-likeness (QED) is 0.759. The van der Waals surface area contributed by atoms with E-state index >= 15 is 0 Å². The van der Waals surface area contributed by atoms with E-state index in [-0.39, 0.29) is 5.54 Å². The van der Waals surface area contributed by atoms with Gasteiger partial charge in [0, 0.05) is 5.54 Å². The number of nitrogens with zero attached hydrogens (tertiary/aromatic N) is 2. The number of ether oxygens (including phenoxy) is 1.